The Bertz CT molecular complexity index is 1330. The van der Waals surface area contributed by atoms with Gasteiger partial charge < -0.3 is 19.7 Å². The largest absolute Gasteiger partial charge is 0.505 e. The van der Waals surface area contributed by atoms with Crippen molar-refractivity contribution in [3.8, 4) is 5.75 Å². The number of halogens is 1. The average molecular weight is 435 g/mol. The Balaban J connectivity index is 1.79. The molecule has 2 aromatic carbocycles. The van der Waals surface area contributed by atoms with Crippen LogP contribution in [0.5, 0.6) is 5.75 Å². The zero-order chi connectivity index (χ0) is 22.8. The Morgan fingerprint density at radius 1 is 1.16 bits per heavy atom. The molecule has 0 saturated carbocycles. The number of phenols is 1. The number of aryl methyl sites for hydroxylation is 1. The van der Waals surface area contributed by atoms with Crippen molar-refractivity contribution in [1.82, 2.24) is 10.1 Å². The number of pyridine rings is 1. The van der Waals surface area contributed by atoms with Gasteiger partial charge in [-0.15, -0.1) is 0 Å². The summed E-state index contributed by atoms with van der Waals surface area (Å²) in [5.41, 5.74) is 1.86. The molecule has 0 bridgehead atoms. The number of ether oxygens (including phenoxy) is 1. The van der Waals surface area contributed by atoms with E-state index in [1.54, 1.807) is 31.3 Å². The maximum Gasteiger partial charge on any atom is 0.341 e. The number of aromatic nitrogens is 2. The second-order valence-electron chi connectivity index (χ2n) is 7.13. The lowest BCUT2D eigenvalue weighted by Crippen LogP contribution is -2.14. The van der Waals surface area contributed by atoms with E-state index < -0.39 is 11.9 Å². The number of hydrogen-bond donors (Lipinski definition) is 2. The fourth-order valence-electron chi connectivity index (χ4n) is 3.28. The minimum atomic E-state index is -0.783. The quantitative estimate of drug-likeness (QED) is 0.360. The number of anilines is 1. The van der Waals surface area contributed by atoms with Crippen LogP contribution in [0.15, 0.2) is 53.2 Å². The highest BCUT2D eigenvalue weighted by Gasteiger charge is 2.21. The first-order valence-corrected chi connectivity index (χ1v) is 9.57. The summed E-state index contributed by atoms with van der Waals surface area (Å²) in [4.78, 5) is 29.1. The van der Waals surface area contributed by atoms with Gasteiger partial charge in [0, 0.05) is 17.6 Å². The average Bonchev–Trinajstić information content (AvgIpc) is 3.23. The van der Waals surface area contributed by atoms with Gasteiger partial charge >= 0.3 is 5.97 Å². The Labute approximate surface area is 181 Å². The van der Waals surface area contributed by atoms with E-state index in [4.69, 9.17) is 9.26 Å². The van der Waals surface area contributed by atoms with Crippen LogP contribution in [-0.2, 0) is 11.2 Å². The van der Waals surface area contributed by atoms with Gasteiger partial charge in [0.2, 0.25) is 0 Å². The molecule has 4 aromatic rings. The maximum atomic E-state index is 13.2. The van der Waals surface area contributed by atoms with Crippen LogP contribution in [0.2, 0.25) is 0 Å². The van der Waals surface area contributed by atoms with Crippen LogP contribution in [-0.4, -0.2) is 34.2 Å². The summed E-state index contributed by atoms with van der Waals surface area (Å²) in [7, 11) is 1.18. The molecule has 9 heteroatoms. The second kappa shape index (κ2) is 8.46. The molecule has 32 heavy (non-hydrogen) atoms. The van der Waals surface area contributed by atoms with Gasteiger partial charge in [0.05, 0.1) is 12.8 Å². The summed E-state index contributed by atoms with van der Waals surface area (Å²) >= 11 is 0. The fourth-order valence-corrected chi connectivity index (χ4v) is 3.28. The number of methoxy groups -OCH3 is 1. The van der Waals surface area contributed by atoms with Crippen LogP contribution in [0.1, 0.15) is 37.7 Å². The van der Waals surface area contributed by atoms with Gasteiger partial charge in [-0.05, 0) is 48.7 Å². The monoisotopic (exact) mass is 435 g/mol. The molecule has 1 amide bonds. The van der Waals surface area contributed by atoms with Gasteiger partial charge in [-0.1, -0.05) is 17.3 Å². The molecule has 0 saturated heterocycles. The highest BCUT2D eigenvalue weighted by Crippen LogP contribution is 2.35. The number of phenolic OH excluding ortho intramolecular Hbond substituents is 1. The van der Waals surface area contributed by atoms with Crippen molar-refractivity contribution >= 4 is 28.5 Å². The van der Waals surface area contributed by atoms with E-state index >= 15 is 0 Å². The van der Waals surface area contributed by atoms with Crippen molar-refractivity contribution in [3.05, 3.63) is 82.6 Å². The number of esters is 1. The van der Waals surface area contributed by atoms with Crippen molar-refractivity contribution in [2.24, 2.45) is 0 Å². The van der Waals surface area contributed by atoms with Gasteiger partial charge in [0.1, 0.15) is 22.7 Å². The predicted molar refractivity (Wildman–Crippen MR) is 113 cm³/mol. The van der Waals surface area contributed by atoms with Gasteiger partial charge in [0.25, 0.3) is 5.91 Å². The minimum Gasteiger partial charge on any atom is -0.505 e. The zero-order valence-electron chi connectivity index (χ0n) is 17.2. The summed E-state index contributed by atoms with van der Waals surface area (Å²) in [6.45, 7) is 1.65. The molecule has 0 aliphatic heterocycles. The number of hydrogen-bond acceptors (Lipinski definition) is 7. The molecule has 2 N–H and O–H groups in total. The lowest BCUT2D eigenvalue weighted by Gasteiger charge is -2.13. The molecule has 162 valence electrons. The summed E-state index contributed by atoms with van der Waals surface area (Å²) in [6, 6.07) is 10.6. The lowest BCUT2D eigenvalue weighted by atomic mass is 10.0. The van der Waals surface area contributed by atoms with Crippen LogP contribution in [0.25, 0.3) is 10.9 Å². The van der Waals surface area contributed by atoms with E-state index in [-0.39, 0.29) is 34.0 Å². The number of benzene rings is 2. The van der Waals surface area contributed by atoms with E-state index in [9.17, 15) is 19.1 Å². The Kier molecular flexibility index (Phi) is 5.55. The first-order chi connectivity index (χ1) is 15.4. The van der Waals surface area contributed by atoms with Crippen molar-refractivity contribution in [2.75, 3.05) is 12.4 Å². The van der Waals surface area contributed by atoms with Crippen LogP contribution in [0, 0.1) is 12.7 Å². The van der Waals surface area contributed by atoms with E-state index in [1.807, 2.05) is 0 Å². The van der Waals surface area contributed by atoms with Crippen molar-refractivity contribution in [3.63, 3.8) is 0 Å². The van der Waals surface area contributed by atoms with Crippen molar-refractivity contribution in [1.29, 1.82) is 0 Å². The number of amides is 1. The number of carbonyl (C=O) groups is 2. The van der Waals surface area contributed by atoms with Crippen LogP contribution in [0.4, 0.5) is 10.1 Å². The lowest BCUT2D eigenvalue weighted by molar-refractivity contribution is 0.0597. The molecule has 4 rings (SSSR count). The van der Waals surface area contributed by atoms with Crippen LogP contribution < -0.4 is 5.32 Å². The SMILES string of the molecule is COC(=O)c1cc(NC(=O)c2cc(C)on2)c2cc(Cc3ccc(F)cc3)cnc2c1O. The molecular weight excluding hydrogens is 417 g/mol. The van der Waals surface area contributed by atoms with Gasteiger partial charge in [0.15, 0.2) is 11.4 Å². The Morgan fingerprint density at radius 3 is 2.56 bits per heavy atom. The van der Waals surface area contributed by atoms with E-state index in [2.05, 4.69) is 15.5 Å². The number of nitrogens with zero attached hydrogens (tertiary/aromatic N) is 2. The number of aromatic hydroxyl groups is 1. The smallest absolute Gasteiger partial charge is 0.341 e. The molecular formula is C23H18FN3O5. The number of carbonyl (C=O) groups excluding carboxylic acids is 2. The number of nitrogens with one attached hydrogen (secondary N) is 1. The van der Waals surface area contributed by atoms with E-state index in [1.165, 1.54) is 31.4 Å². The summed E-state index contributed by atoms with van der Waals surface area (Å²) in [5, 5.41) is 17.4. The van der Waals surface area contributed by atoms with Crippen LogP contribution >= 0.6 is 0 Å². The highest BCUT2D eigenvalue weighted by atomic mass is 19.1. The standard InChI is InChI=1S/C23H18FN3O5/c1-12-7-19(27-32-12)22(29)26-18-10-17(23(30)31-2)21(28)20-16(18)9-14(11-25-20)8-13-3-5-15(24)6-4-13/h3-7,9-11,28H,8H2,1-2H3,(H,26,29). The second-order valence-corrected chi connectivity index (χ2v) is 7.13. The molecule has 0 atom stereocenters. The van der Waals surface area contributed by atoms with Gasteiger partial charge in [-0.2, -0.15) is 0 Å². The fraction of sp³-hybridized carbons (Fsp3) is 0.130. The number of fused-ring (bicyclic) bond motifs is 1. The third-order valence-corrected chi connectivity index (χ3v) is 4.84. The topological polar surface area (TPSA) is 115 Å². The first kappa shape index (κ1) is 21.0. The third-order valence-electron chi connectivity index (χ3n) is 4.84. The van der Waals surface area contributed by atoms with Crippen LogP contribution in [0.3, 0.4) is 0 Å². The Hall–Kier alpha value is -4.27. The van der Waals surface area contributed by atoms with Crippen molar-refractivity contribution in [2.45, 2.75) is 13.3 Å². The molecule has 0 aliphatic carbocycles. The maximum absolute atomic E-state index is 13.2. The molecule has 0 spiro atoms. The predicted octanol–water partition coefficient (Wildman–Crippen LogP) is 4.01. The molecule has 2 heterocycles. The molecule has 0 radical (unpaired) electrons. The van der Waals surface area contributed by atoms with E-state index in [0.29, 0.717) is 17.6 Å². The van der Waals surface area contributed by atoms with Crippen molar-refractivity contribution < 1.29 is 28.3 Å². The third kappa shape index (κ3) is 4.13. The molecule has 2 aromatic heterocycles. The molecule has 0 aliphatic rings. The Morgan fingerprint density at radius 2 is 1.91 bits per heavy atom. The molecule has 0 fully saturated rings. The molecule has 0 unspecified atom stereocenters. The number of rotatable bonds is 5. The zero-order valence-corrected chi connectivity index (χ0v) is 17.2. The van der Waals surface area contributed by atoms with Gasteiger partial charge in [-0.3, -0.25) is 9.78 Å². The summed E-state index contributed by atoms with van der Waals surface area (Å²) in [6.07, 6.45) is 1.98. The summed E-state index contributed by atoms with van der Waals surface area (Å²) < 4.78 is 22.9. The first-order valence-electron chi connectivity index (χ1n) is 9.57. The normalized spacial score (nSPS) is 10.8. The summed E-state index contributed by atoms with van der Waals surface area (Å²) in [5.74, 6) is -1.58. The minimum absolute atomic E-state index is 0.0544. The molecule has 8 nitrogen and oxygen atoms in total. The highest BCUT2D eigenvalue weighted by molar-refractivity contribution is 6.11. The van der Waals surface area contributed by atoms with E-state index in [0.717, 1.165) is 11.1 Å². The van der Waals surface area contributed by atoms with Gasteiger partial charge in [-0.25, -0.2) is 9.18 Å².